The molecule has 0 rings (SSSR count). The van der Waals surface area contributed by atoms with Crippen molar-refractivity contribution in [2.75, 3.05) is 5.88 Å². The Morgan fingerprint density at radius 3 is 2.12 bits per heavy atom. The smallest absolute Gasteiger partial charge is 0.0515 e. The summed E-state index contributed by atoms with van der Waals surface area (Å²) in [6.45, 7) is 3.81. The Hall–Kier alpha value is 0.250. The van der Waals surface area contributed by atoms with E-state index in [1.165, 1.54) is 0 Å². The van der Waals surface area contributed by atoms with E-state index >= 15 is 0 Å². The summed E-state index contributed by atoms with van der Waals surface area (Å²) in [7, 11) is 0. The second kappa shape index (κ2) is 4.16. The topological polar surface area (TPSA) is 20.2 Å². The van der Waals surface area contributed by atoms with Crippen LogP contribution in [0.3, 0.4) is 0 Å². The molecule has 0 aromatic carbocycles. The third-order valence-corrected chi connectivity index (χ3v) is 1.53. The molecule has 0 aromatic heterocycles. The van der Waals surface area contributed by atoms with E-state index in [4.69, 9.17) is 16.7 Å². The highest BCUT2D eigenvalue weighted by molar-refractivity contribution is 6.18. The van der Waals surface area contributed by atoms with Gasteiger partial charge in [-0.05, 0) is 19.3 Å². The fraction of sp³-hybridized carbons (Fsp3) is 1.00. The summed E-state index contributed by atoms with van der Waals surface area (Å²) < 4.78 is 0. The molecule has 0 bridgehead atoms. The van der Waals surface area contributed by atoms with E-state index in [1.54, 1.807) is 6.92 Å². The van der Waals surface area contributed by atoms with Crippen molar-refractivity contribution in [1.82, 2.24) is 0 Å². The fourth-order valence-electron chi connectivity index (χ4n) is 0.645. The SMILES string of the molecule is CC(O)CC(C)CCl. The van der Waals surface area contributed by atoms with Crippen LogP contribution in [0.15, 0.2) is 0 Å². The van der Waals surface area contributed by atoms with E-state index in [1.807, 2.05) is 6.92 Å². The molecule has 50 valence electrons. The molecule has 2 heteroatoms. The lowest BCUT2D eigenvalue weighted by Gasteiger charge is -2.07. The highest BCUT2D eigenvalue weighted by atomic mass is 35.5. The standard InChI is InChI=1S/C6H13ClO/c1-5(4-7)3-6(2)8/h5-6,8H,3-4H2,1-2H3. The van der Waals surface area contributed by atoms with Crippen molar-refractivity contribution in [3.63, 3.8) is 0 Å². The first-order chi connectivity index (χ1) is 3.66. The highest BCUT2D eigenvalue weighted by Crippen LogP contribution is 2.06. The Bertz CT molecular complexity index is 54.5. The molecule has 2 unspecified atom stereocenters. The van der Waals surface area contributed by atoms with E-state index < -0.39 is 0 Å². The number of hydrogen-bond donors (Lipinski definition) is 1. The average molecular weight is 137 g/mol. The molecule has 8 heavy (non-hydrogen) atoms. The molecule has 0 radical (unpaired) electrons. The van der Waals surface area contributed by atoms with Crippen molar-refractivity contribution >= 4 is 11.6 Å². The van der Waals surface area contributed by atoms with Crippen LogP contribution in [-0.4, -0.2) is 17.1 Å². The van der Waals surface area contributed by atoms with Crippen LogP contribution >= 0.6 is 11.6 Å². The molecule has 0 fully saturated rings. The summed E-state index contributed by atoms with van der Waals surface area (Å²) in [4.78, 5) is 0. The van der Waals surface area contributed by atoms with Gasteiger partial charge in [-0.15, -0.1) is 11.6 Å². The van der Waals surface area contributed by atoms with Gasteiger partial charge >= 0.3 is 0 Å². The predicted octanol–water partition coefficient (Wildman–Crippen LogP) is 1.63. The monoisotopic (exact) mass is 136 g/mol. The van der Waals surface area contributed by atoms with Gasteiger partial charge in [0.05, 0.1) is 6.10 Å². The maximum atomic E-state index is 8.80. The second-order valence-corrected chi connectivity index (χ2v) is 2.65. The van der Waals surface area contributed by atoms with Crippen LogP contribution in [0.2, 0.25) is 0 Å². The Balaban J connectivity index is 3.10. The van der Waals surface area contributed by atoms with Gasteiger partial charge in [0.15, 0.2) is 0 Å². The molecule has 1 nitrogen and oxygen atoms in total. The summed E-state index contributed by atoms with van der Waals surface area (Å²) in [6, 6.07) is 0. The highest BCUT2D eigenvalue weighted by Gasteiger charge is 2.02. The lowest BCUT2D eigenvalue weighted by Crippen LogP contribution is -2.07. The van der Waals surface area contributed by atoms with Gasteiger partial charge in [-0.1, -0.05) is 6.92 Å². The molecule has 0 aliphatic rings. The summed E-state index contributed by atoms with van der Waals surface area (Å²) in [5.74, 6) is 1.09. The molecule has 0 spiro atoms. The van der Waals surface area contributed by atoms with Crippen LogP contribution in [0.5, 0.6) is 0 Å². The number of alkyl halides is 1. The van der Waals surface area contributed by atoms with Crippen molar-refractivity contribution in [3.05, 3.63) is 0 Å². The number of aliphatic hydroxyl groups excluding tert-OH is 1. The minimum atomic E-state index is -0.205. The van der Waals surface area contributed by atoms with E-state index in [0.29, 0.717) is 11.8 Å². The van der Waals surface area contributed by atoms with Crippen molar-refractivity contribution < 1.29 is 5.11 Å². The van der Waals surface area contributed by atoms with Gasteiger partial charge in [0, 0.05) is 5.88 Å². The minimum Gasteiger partial charge on any atom is -0.393 e. The molecule has 0 saturated carbocycles. The largest absolute Gasteiger partial charge is 0.393 e. The molecule has 0 aromatic rings. The number of halogens is 1. The number of rotatable bonds is 3. The maximum absolute atomic E-state index is 8.80. The molecular weight excluding hydrogens is 124 g/mol. The van der Waals surface area contributed by atoms with E-state index in [9.17, 15) is 0 Å². The quantitative estimate of drug-likeness (QED) is 0.585. The Labute approximate surface area is 55.7 Å². The van der Waals surface area contributed by atoms with Gasteiger partial charge in [-0.2, -0.15) is 0 Å². The summed E-state index contributed by atoms with van der Waals surface area (Å²) in [6.07, 6.45) is 0.604. The third kappa shape index (κ3) is 4.41. The number of aliphatic hydroxyl groups is 1. The summed E-state index contributed by atoms with van der Waals surface area (Å²) >= 11 is 5.48. The van der Waals surface area contributed by atoms with E-state index in [2.05, 4.69) is 0 Å². The van der Waals surface area contributed by atoms with Gasteiger partial charge in [0.2, 0.25) is 0 Å². The van der Waals surface area contributed by atoms with Crippen LogP contribution in [0, 0.1) is 5.92 Å². The van der Waals surface area contributed by atoms with E-state index in [0.717, 1.165) is 6.42 Å². The van der Waals surface area contributed by atoms with Crippen molar-refractivity contribution in [2.24, 2.45) is 5.92 Å². The van der Waals surface area contributed by atoms with Gasteiger partial charge < -0.3 is 5.11 Å². The fourth-order valence-corrected chi connectivity index (χ4v) is 0.771. The predicted molar refractivity (Wildman–Crippen MR) is 36.2 cm³/mol. The zero-order valence-corrected chi connectivity index (χ0v) is 6.15. The Kier molecular flexibility index (Phi) is 4.29. The molecule has 0 saturated heterocycles. The zero-order valence-electron chi connectivity index (χ0n) is 5.39. The normalized spacial score (nSPS) is 18.0. The first-order valence-electron chi connectivity index (χ1n) is 2.90. The first-order valence-corrected chi connectivity index (χ1v) is 3.44. The number of hydrogen-bond acceptors (Lipinski definition) is 1. The summed E-state index contributed by atoms with van der Waals surface area (Å²) in [5, 5.41) is 8.80. The Morgan fingerprint density at radius 2 is 2.00 bits per heavy atom. The Morgan fingerprint density at radius 1 is 1.50 bits per heavy atom. The van der Waals surface area contributed by atoms with Gasteiger partial charge in [0.1, 0.15) is 0 Å². The van der Waals surface area contributed by atoms with Gasteiger partial charge in [-0.25, -0.2) is 0 Å². The zero-order chi connectivity index (χ0) is 6.57. The molecular formula is C6H13ClO. The molecule has 2 atom stereocenters. The van der Waals surface area contributed by atoms with Crippen LogP contribution in [-0.2, 0) is 0 Å². The maximum Gasteiger partial charge on any atom is 0.0515 e. The minimum absolute atomic E-state index is 0.205. The summed E-state index contributed by atoms with van der Waals surface area (Å²) in [5.41, 5.74) is 0. The molecule has 0 aliphatic heterocycles. The van der Waals surface area contributed by atoms with E-state index in [-0.39, 0.29) is 6.10 Å². The van der Waals surface area contributed by atoms with Crippen LogP contribution in [0.1, 0.15) is 20.3 Å². The van der Waals surface area contributed by atoms with Gasteiger partial charge in [-0.3, -0.25) is 0 Å². The van der Waals surface area contributed by atoms with Crippen LogP contribution in [0.4, 0.5) is 0 Å². The first kappa shape index (κ1) is 8.25. The van der Waals surface area contributed by atoms with Crippen molar-refractivity contribution in [2.45, 2.75) is 26.4 Å². The lowest BCUT2D eigenvalue weighted by molar-refractivity contribution is 0.168. The van der Waals surface area contributed by atoms with Crippen molar-refractivity contribution in [1.29, 1.82) is 0 Å². The molecule has 0 aliphatic carbocycles. The lowest BCUT2D eigenvalue weighted by atomic mass is 10.1. The molecule has 0 amide bonds. The van der Waals surface area contributed by atoms with Crippen LogP contribution in [0.25, 0.3) is 0 Å². The molecule has 0 heterocycles. The van der Waals surface area contributed by atoms with Gasteiger partial charge in [0.25, 0.3) is 0 Å². The van der Waals surface area contributed by atoms with Crippen LogP contribution < -0.4 is 0 Å². The van der Waals surface area contributed by atoms with Crippen molar-refractivity contribution in [3.8, 4) is 0 Å². The molecule has 1 N–H and O–H groups in total. The second-order valence-electron chi connectivity index (χ2n) is 2.34. The average Bonchev–Trinajstić information content (AvgIpc) is 1.65. The third-order valence-electron chi connectivity index (χ3n) is 1.01.